The van der Waals surface area contributed by atoms with E-state index in [0.717, 1.165) is 10.0 Å². The second-order valence-electron chi connectivity index (χ2n) is 7.38. The molecule has 0 fully saturated rings. The number of benzene rings is 1. The van der Waals surface area contributed by atoms with Crippen LogP contribution in [0.3, 0.4) is 0 Å². The van der Waals surface area contributed by atoms with E-state index in [-0.39, 0.29) is 11.5 Å². The quantitative estimate of drug-likeness (QED) is 0.735. The van der Waals surface area contributed by atoms with Gasteiger partial charge in [0.15, 0.2) is 0 Å². The van der Waals surface area contributed by atoms with Gasteiger partial charge in [-0.05, 0) is 32.9 Å². The van der Waals surface area contributed by atoms with Crippen LogP contribution in [-0.4, -0.2) is 35.5 Å². The van der Waals surface area contributed by atoms with Crippen LogP contribution in [0.2, 0.25) is 0 Å². The molecular formula is C17H23BrN2O2. The minimum atomic E-state index is -0.524. The Kier molecular flexibility index (Phi) is 4.66. The molecule has 0 bridgehead atoms. The zero-order chi connectivity index (χ0) is 16.5. The molecule has 1 aromatic rings. The van der Waals surface area contributed by atoms with E-state index in [4.69, 9.17) is 4.74 Å². The topological polar surface area (TPSA) is 41.9 Å². The Labute approximate surface area is 140 Å². The normalized spacial score (nSPS) is 17.9. The lowest BCUT2D eigenvalue weighted by Gasteiger charge is -2.37. The summed E-state index contributed by atoms with van der Waals surface area (Å²) in [4.78, 5) is 18.9. The molecule has 1 amide bonds. The van der Waals surface area contributed by atoms with Crippen LogP contribution in [0.4, 0.5) is 4.79 Å². The summed E-state index contributed by atoms with van der Waals surface area (Å²) in [5.41, 5.74) is 0.337. The van der Waals surface area contributed by atoms with E-state index in [1.807, 2.05) is 45.0 Å². The number of carbonyl (C=O) groups is 1. The second-order valence-corrected chi connectivity index (χ2v) is 8.29. The standard InChI is InChI=1S/C17H23BrN2O2/c1-16(2,3)22-15(21)20-11-17(4,5)10-19-14(20)12-6-8-13(18)9-7-12/h6-9H,10-11H2,1-5H3. The summed E-state index contributed by atoms with van der Waals surface area (Å²) >= 11 is 3.43. The fourth-order valence-electron chi connectivity index (χ4n) is 2.24. The summed E-state index contributed by atoms with van der Waals surface area (Å²) in [6, 6.07) is 7.81. The molecular weight excluding hydrogens is 344 g/mol. The molecule has 0 spiro atoms. The van der Waals surface area contributed by atoms with E-state index in [9.17, 15) is 4.79 Å². The maximum Gasteiger partial charge on any atom is 0.416 e. The van der Waals surface area contributed by atoms with E-state index >= 15 is 0 Å². The summed E-state index contributed by atoms with van der Waals surface area (Å²) in [6.45, 7) is 11.1. The maximum atomic E-state index is 12.6. The molecule has 4 nitrogen and oxygen atoms in total. The Morgan fingerprint density at radius 3 is 2.41 bits per heavy atom. The molecule has 22 heavy (non-hydrogen) atoms. The first-order valence-corrected chi connectivity index (χ1v) is 8.18. The van der Waals surface area contributed by atoms with Crippen LogP contribution in [0.1, 0.15) is 40.2 Å². The number of carbonyl (C=O) groups excluding carboxylic acids is 1. The summed E-state index contributed by atoms with van der Waals surface area (Å²) in [5, 5.41) is 0. The van der Waals surface area contributed by atoms with E-state index in [0.29, 0.717) is 18.9 Å². The first-order valence-electron chi connectivity index (χ1n) is 7.38. The first-order chi connectivity index (χ1) is 10.1. The summed E-state index contributed by atoms with van der Waals surface area (Å²) in [6.07, 6.45) is -0.345. The first kappa shape index (κ1) is 17.0. The van der Waals surface area contributed by atoms with Crippen LogP contribution in [0.25, 0.3) is 0 Å². The lowest BCUT2D eigenvalue weighted by molar-refractivity contribution is 0.0310. The van der Waals surface area contributed by atoms with Crippen molar-refractivity contribution in [1.82, 2.24) is 4.90 Å². The summed E-state index contributed by atoms with van der Waals surface area (Å²) in [5.74, 6) is 0.682. The summed E-state index contributed by atoms with van der Waals surface area (Å²) in [7, 11) is 0. The Hall–Kier alpha value is -1.36. The molecule has 0 aromatic heterocycles. The number of nitrogens with zero attached hydrogens (tertiary/aromatic N) is 2. The molecule has 0 N–H and O–H groups in total. The molecule has 1 aliphatic heterocycles. The van der Waals surface area contributed by atoms with Gasteiger partial charge in [0.05, 0.1) is 0 Å². The van der Waals surface area contributed by atoms with Gasteiger partial charge in [0.25, 0.3) is 0 Å². The van der Waals surface area contributed by atoms with Crippen molar-refractivity contribution >= 4 is 27.9 Å². The van der Waals surface area contributed by atoms with Gasteiger partial charge in [-0.15, -0.1) is 0 Å². The van der Waals surface area contributed by atoms with Gasteiger partial charge >= 0.3 is 6.09 Å². The fourth-order valence-corrected chi connectivity index (χ4v) is 2.51. The van der Waals surface area contributed by atoms with Gasteiger partial charge in [0.2, 0.25) is 0 Å². The van der Waals surface area contributed by atoms with Crippen LogP contribution in [-0.2, 0) is 4.74 Å². The molecule has 0 aliphatic carbocycles. The van der Waals surface area contributed by atoms with Gasteiger partial charge in [-0.2, -0.15) is 0 Å². The Bertz CT molecular complexity index is 586. The molecule has 0 unspecified atom stereocenters. The van der Waals surface area contributed by atoms with E-state index < -0.39 is 5.60 Å². The summed E-state index contributed by atoms with van der Waals surface area (Å²) < 4.78 is 6.54. The second kappa shape index (κ2) is 6.03. The average Bonchev–Trinajstić information content (AvgIpc) is 2.37. The van der Waals surface area contributed by atoms with Gasteiger partial charge in [-0.1, -0.05) is 41.9 Å². The van der Waals surface area contributed by atoms with Gasteiger partial charge < -0.3 is 4.74 Å². The van der Waals surface area contributed by atoms with Crippen molar-refractivity contribution in [2.24, 2.45) is 10.4 Å². The molecule has 1 aliphatic rings. The number of amides is 1. The number of hydrogen-bond acceptors (Lipinski definition) is 3. The van der Waals surface area contributed by atoms with Crippen LogP contribution in [0.15, 0.2) is 33.7 Å². The Morgan fingerprint density at radius 1 is 1.27 bits per heavy atom. The molecule has 5 heteroatoms. The monoisotopic (exact) mass is 366 g/mol. The Balaban J connectivity index is 2.34. The van der Waals surface area contributed by atoms with Crippen molar-refractivity contribution in [3.05, 3.63) is 34.3 Å². The van der Waals surface area contributed by atoms with Crippen molar-refractivity contribution in [1.29, 1.82) is 0 Å². The third-order valence-electron chi connectivity index (χ3n) is 3.21. The van der Waals surface area contributed by atoms with Crippen molar-refractivity contribution < 1.29 is 9.53 Å². The highest BCUT2D eigenvalue weighted by molar-refractivity contribution is 9.10. The molecule has 120 valence electrons. The van der Waals surface area contributed by atoms with Crippen LogP contribution >= 0.6 is 15.9 Å². The minimum Gasteiger partial charge on any atom is -0.443 e. The zero-order valence-corrected chi connectivity index (χ0v) is 15.4. The lowest BCUT2D eigenvalue weighted by atomic mass is 9.91. The molecule has 0 atom stereocenters. The third kappa shape index (κ3) is 4.32. The Morgan fingerprint density at radius 2 is 1.86 bits per heavy atom. The lowest BCUT2D eigenvalue weighted by Crippen LogP contribution is -2.49. The number of halogens is 1. The average molecular weight is 367 g/mol. The molecule has 1 aromatic carbocycles. The van der Waals surface area contributed by atoms with Gasteiger partial charge in [0.1, 0.15) is 11.4 Å². The fraction of sp³-hybridized carbons (Fsp3) is 0.529. The number of amidine groups is 1. The predicted molar refractivity (Wildman–Crippen MR) is 92.3 cm³/mol. The molecule has 2 rings (SSSR count). The van der Waals surface area contributed by atoms with Gasteiger partial charge in [-0.3, -0.25) is 9.89 Å². The smallest absolute Gasteiger partial charge is 0.416 e. The van der Waals surface area contributed by atoms with Crippen molar-refractivity contribution in [2.75, 3.05) is 13.1 Å². The van der Waals surface area contributed by atoms with E-state index in [1.165, 1.54) is 0 Å². The van der Waals surface area contributed by atoms with E-state index in [2.05, 4.69) is 34.8 Å². The minimum absolute atomic E-state index is 0.0598. The van der Waals surface area contributed by atoms with Crippen LogP contribution in [0, 0.1) is 5.41 Å². The highest BCUT2D eigenvalue weighted by atomic mass is 79.9. The SMILES string of the molecule is CC1(C)CN=C(c2ccc(Br)cc2)N(C(=O)OC(C)(C)C)C1. The predicted octanol–water partition coefficient (Wildman–Crippen LogP) is 4.47. The van der Waals surface area contributed by atoms with Gasteiger partial charge in [0, 0.05) is 28.5 Å². The number of aliphatic imine (C=N–C) groups is 1. The zero-order valence-electron chi connectivity index (χ0n) is 13.8. The number of ether oxygens (including phenoxy) is 1. The molecule has 1 heterocycles. The maximum absolute atomic E-state index is 12.6. The highest BCUT2D eigenvalue weighted by Crippen LogP contribution is 2.26. The van der Waals surface area contributed by atoms with Crippen LogP contribution in [0.5, 0.6) is 0 Å². The molecule has 0 radical (unpaired) electrons. The van der Waals surface area contributed by atoms with Crippen molar-refractivity contribution in [2.45, 2.75) is 40.2 Å². The van der Waals surface area contributed by atoms with Crippen molar-refractivity contribution in [3.8, 4) is 0 Å². The molecule has 0 saturated heterocycles. The van der Waals surface area contributed by atoms with Gasteiger partial charge in [-0.25, -0.2) is 4.79 Å². The number of hydrogen-bond donors (Lipinski definition) is 0. The third-order valence-corrected chi connectivity index (χ3v) is 3.74. The highest BCUT2D eigenvalue weighted by Gasteiger charge is 2.35. The van der Waals surface area contributed by atoms with Crippen LogP contribution < -0.4 is 0 Å². The van der Waals surface area contributed by atoms with E-state index in [1.54, 1.807) is 4.90 Å². The number of rotatable bonds is 1. The van der Waals surface area contributed by atoms with Crippen molar-refractivity contribution in [3.63, 3.8) is 0 Å². The molecule has 0 saturated carbocycles. The largest absolute Gasteiger partial charge is 0.443 e.